The predicted octanol–water partition coefficient (Wildman–Crippen LogP) is 2.29. The zero-order valence-corrected chi connectivity index (χ0v) is 11.4. The number of amides is 1. The Morgan fingerprint density at radius 1 is 1.25 bits per heavy atom. The Hall–Kier alpha value is -2.20. The van der Waals surface area contributed by atoms with Crippen molar-refractivity contribution < 1.29 is 4.79 Å². The fourth-order valence-corrected chi connectivity index (χ4v) is 2.42. The minimum atomic E-state index is -0.107. The molecule has 20 heavy (non-hydrogen) atoms. The van der Waals surface area contributed by atoms with E-state index in [0.29, 0.717) is 11.4 Å². The quantitative estimate of drug-likeness (QED) is 0.877. The molecule has 3 rings (SSSR count). The van der Waals surface area contributed by atoms with E-state index in [9.17, 15) is 4.79 Å². The van der Waals surface area contributed by atoms with Gasteiger partial charge < -0.3 is 10.6 Å². The summed E-state index contributed by atoms with van der Waals surface area (Å²) in [6, 6.07) is 11.5. The lowest BCUT2D eigenvalue weighted by Crippen LogP contribution is -2.24. The number of fused-ring (bicyclic) bond motifs is 1. The van der Waals surface area contributed by atoms with Gasteiger partial charge in [-0.2, -0.15) is 0 Å². The number of rotatable bonds is 2. The highest BCUT2D eigenvalue weighted by molar-refractivity contribution is 6.03. The van der Waals surface area contributed by atoms with Crippen molar-refractivity contribution in [3.63, 3.8) is 0 Å². The van der Waals surface area contributed by atoms with Gasteiger partial charge in [-0.1, -0.05) is 12.1 Å². The molecule has 1 amide bonds. The van der Waals surface area contributed by atoms with Gasteiger partial charge in [-0.3, -0.25) is 4.79 Å². The van der Waals surface area contributed by atoms with Crippen molar-refractivity contribution in [3.8, 4) is 0 Å². The van der Waals surface area contributed by atoms with Crippen LogP contribution in [-0.2, 0) is 13.0 Å². The van der Waals surface area contributed by atoms with Gasteiger partial charge in [0.2, 0.25) is 0 Å². The van der Waals surface area contributed by atoms with E-state index in [4.69, 9.17) is 0 Å². The van der Waals surface area contributed by atoms with Gasteiger partial charge in [0.05, 0.1) is 0 Å². The molecule has 0 unspecified atom stereocenters. The number of hydrogen-bond donors (Lipinski definition) is 2. The number of carbonyl (C=O) groups is 1. The van der Waals surface area contributed by atoms with Crippen LogP contribution in [0.4, 0.5) is 5.82 Å². The number of aryl methyl sites for hydroxylation is 1. The van der Waals surface area contributed by atoms with Crippen LogP contribution >= 0.6 is 0 Å². The number of benzene rings is 1. The average molecular weight is 267 g/mol. The molecule has 2 aromatic rings. The minimum absolute atomic E-state index is 0.107. The van der Waals surface area contributed by atoms with Crippen LogP contribution in [0.5, 0.6) is 0 Å². The molecule has 0 saturated carbocycles. The lowest BCUT2D eigenvalue weighted by molar-refractivity contribution is 0.102. The third-order valence-electron chi connectivity index (χ3n) is 3.48. The van der Waals surface area contributed by atoms with Crippen molar-refractivity contribution in [3.05, 3.63) is 58.8 Å². The molecule has 2 heterocycles. The molecule has 4 heteroatoms. The first-order valence-corrected chi connectivity index (χ1v) is 6.80. The van der Waals surface area contributed by atoms with E-state index in [-0.39, 0.29) is 5.91 Å². The summed E-state index contributed by atoms with van der Waals surface area (Å²) in [7, 11) is 0. The Bertz CT molecular complexity index is 652. The van der Waals surface area contributed by atoms with Crippen LogP contribution in [0.2, 0.25) is 0 Å². The summed E-state index contributed by atoms with van der Waals surface area (Å²) in [4.78, 5) is 16.5. The number of hydrogen-bond acceptors (Lipinski definition) is 3. The van der Waals surface area contributed by atoms with E-state index in [1.54, 1.807) is 6.07 Å². The van der Waals surface area contributed by atoms with Crippen molar-refractivity contribution in [1.82, 2.24) is 10.3 Å². The van der Waals surface area contributed by atoms with Gasteiger partial charge in [0.15, 0.2) is 0 Å². The number of nitrogens with one attached hydrogen (secondary N) is 2. The number of anilines is 1. The van der Waals surface area contributed by atoms with Crippen molar-refractivity contribution in [1.29, 1.82) is 0 Å². The van der Waals surface area contributed by atoms with E-state index >= 15 is 0 Å². The van der Waals surface area contributed by atoms with Crippen LogP contribution in [0.1, 0.15) is 27.2 Å². The molecule has 4 nitrogen and oxygen atoms in total. The Labute approximate surface area is 118 Å². The third-order valence-corrected chi connectivity index (χ3v) is 3.48. The number of carbonyl (C=O) groups excluding carboxylic acids is 1. The van der Waals surface area contributed by atoms with Crippen LogP contribution in [-0.4, -0.2) is 17.4 Å². The molecular weight excluding hydrogens is 250 g/mol. The fraction of sp³-hybridized carbons (Fsp3) is 0.250. The summed E-state index contributed by atoms with van der Waals surface area (Å²) >= 11 is 0. The Kier molecular flexibility index (Phi) is 3.48. The largest absolute Gasteiger partial charge is 0.312 e. The molecular formula is C16H17N3O. The third kappa shape index (κ3) is 2.70. The molecule has 0 saturated heterocycles. The van der Waals surface area contributed by atoms with Crippen molar-refractivity contribution in [2.75, 3.05) is 11.9 Å². The smallest absolute Gasteiger partial charge is 0.256 e. The second-order valence-corrected chi connectivity index (χ2v) is 5.03. The maximum atomic E-state index is 12.2. The van der Waals surface area contributed by atoms with Gasteiger partial charge in [-0.05, 0) is 55.3 Å². The molecule has 102 valence electrons. The minimum Gasteiger partial charge on any atom is -0.312 e. The molecule has 1 aromatic carbocycles. The Morgan fingerprint density at radius 3 is 3.00 bits per heavy atom. The lowest BCUT2D eigenvalue weighted by atomic mass is 9.98. The van der Waals surface area contributed by atoms with Crippen LogP contribution in [0, 0.1) is 6.92 Å². The monoisotopic (exact) mass is 267 g/mol. The molecule has 1 aliphatic rings. The number of pyridine rings is 1. The summed E-state index contributed by atoms with van der Waals surface area (Å²) in [6.07, 6.45) is 0.971. The van der Waals surface area contributed by atoms with Crippen molar-refractivity contribution in [2.24, 2.45) is 0 Å². The molecule has 0 aliphatic carbocycles. The van der Waals surface area contributed by atoms with Crippen molar-refractivity contribution >= 4 is 11.7 Å². The second-order valence-electron chi connectivity index (χ2n) is 5.03. The average Bonchev–Trinajstić information content (AvgIpc) is 2.47. The van der Waals surface area contributed by atoms with Crippen LogP contribution in [0.15, 0.2) is 36.4 Å². The predicted molar refractivity (Wildman–Crippen MR) is 78.8 cm³/mol. The molecule has 0 fully saturated rings. The molecule has 2 N–H and O–H groups in total. The molecule has 0 radical (unpaired) electrons. The highest BCUT2D eigenvalue weighted by atomic mass is 16.1. The van der Waals surface area contributed by atoms with E-state index in [1.807, 2.05) is 37.3 Å². The van der Waals surface area contributed by atoms with E-state index in [1.165, 1.54) is 11.1 Å². The zero-order valence-electron chi connectivity index (χ0n) is 11.4. The first-order valence-electron chi connectivity index (χ1n) is 6.80. The van der Waals surface area contributed by atoms with Gasteiger partial charge in [0.25, 0.3) is 5.91 Å². The maximum absolute atomic E-state index is 12.2. The summed E-state index contributed by atoms with van der Waals surface area (Å²) in [6.45, 7) is 3.76. The van der Waals surface area contributed by atoms with E-state index < -0.39 is 0 Å². The van der Waals surface area contributed by atoms with Crippen molar-refractivity contribution in [2.45, 2.75) is 19.9 Å². The SMILES string of the molecule is Cc1cccc(NC(=O)c2ccc3c(c2)CCNC3)n1. The standard InChI is InChI=1S/C16H17N3O/c1-11-3-2-4-15(18-11)19-16(20)13-5-6-14-10-17-8-7-12(14)9-13/h2-6,9,17H,7-8,10H2,1H3,(H,18,19,20). The maximum Gasteiger partial charge on any atom is 0.256 e. The topological polar surface area (TPSA) is 54.0 Å². The van der Waals surface area contributed by atoms with E-state index in [0.717, 1.165) is 25.2 Å². The Balaban J connectivity index is 1.80. The zero-order chi connectivity index (χ0) is 13.9. The molecule has 1 aromatic heterocycles. The van der Waals surface area contributed by atoms with E-state index in [2.05, 4.69) is 15.6 Å². The fourth-order valence-electron chi connectivity index (χ4n) is 2.42. The van der Waals surface area contributed by atoms with Gasteiger partial charge in [-0.15, -0.1) is 0 Å². The van der Waals surface area contributed by atoms with Crippen LogP contribution in [0.3, 0.4) is 0 Å². The first-order chi connectivity index (χ1) is 9.72. The van der Waals surface area contributed by atoms with Crippen LogP contribution in [0.25, 0.3) is 0 Å². The highest BCUT2D eigenvalue weighted by Gasteiger charge is 2.12. The lowest BCUT2D eigenvalue weighted by Gasteiger charge is -2.17. The number of aromatic nitrogens is 1. The first kappa shape index (κ1) is 12.8. The van der Waals surface area contributed by atoms with Gasteiger partial charge in [-0.25, -0.2) is 4.98 Å². The number of nitrogens with zero attached hydrogens (tertiary/aromatic N) is 1. The Morgan fingerprint density at radius 2 is 2.15 bits per heavy atom. The summed E-state index contributed by atoms with van der Waals surface area (Å²) in [5.41, 5.74) is 4.11. The van der Waals surface area contributed by atoms with Gasteiger partial charge in [0.1, 0.15) is 5.82 Å². The second kappa shape index (κ2) is 5.43. The molecule has 1 aliphatic heterocycles. The molecule has 0 bridgehead atoms. The van der Waals surface area contributed by atoms with Crippen LogP contribution < -0.4 is 10.6 Å². The normalized spacial score (nSPS) is 13.7. The van der Waals surface area contributed by atoms with Gasteiger partial charge in [0, 0.05) is 17.8 Å². The summed E-state index contributed by atoms with van der Waals surface area (Å²) in [5.74, 6) is 0.485. The summed E-state index contributed by atoms with van der Waals surface area (Å²) in [5, 5.41) is 6.17. The molecule has 0 spiro atoms. The van der Waals surface area contributed by atoms with Gasteiger partial charge >= 0.3 is 0 Å². The molecule has 0 atom stereocenters. The highest BCUT2D eigenvalue weighted by Crippen LogP contribution is 2.17. The summed E-state index contributed by atoms with van der Waals surface area (Å²) < 4.78 is 0.